The van der Waals surface area contributed by atoms with Gasteiger partial charge in [-0.2, -0.15) is 5.26 Å². The first-order valence-corrected chi connectivity index (χ1v) is 11.5. The summed E-state index contributed by atoms with van der Waals surface area (Å²) in [6, 6.07) is 15.2. The third-order valence-corrected chi connectivity index (χ3v) is 6.21. The van der Waals surface area contributed by atoms with Crippen LogP contribution in [0.25, 0.3) is 22.0 Å². The third kappa shape index (κ3) is 5.29. The van der Waals surface area contributed by atoms with Crippen LogP contribution in [-0.2, 0) is 0 Å². The van der Waals surface area contributed by atoms with E-state index in [2.05, 4.69) is 22.2 Å². The number of nitrogens with one attached hydrogen (secondary N) is 2. The Morgan fingerprint density at radius 2 is 2.08 bits per heavy atom. The number of pyridine rings is 1. The lowest BCUT2D eigenvalue weighted by molar-refractivity contribution is -0.0816. The highest BCUT2D eigenvalue weighted by molar-refractivity contribution is 5.99. The summed E-state index contributed by atoms with van der Waals surface area (Å²) < 4.78 is 34.3. The number of hydrogen-bond donors (Lipinski definition) is 2. The maximum absolute atomic E-state index is 14.4. The zero-order chi connectivity index (χ0) is 25.9. The van der Waals surface area contributed by atoms with Crippen molar-refractivity contribution in [3.05, 3.63) is 66.4 Å². The Bertz CT molecular complexity index is 1350. The minimum atomic E-state index is -3.02. The molecule has 0 saturated carbocycles. The summed E-state index contributed by atoms with van der Waals surface area (Å²) in [5, 5.41) is 16.5. The highest BCUT2D eigenvalue weighted by atomic mass is 19.3. The van der Waals surface area contributed by atoms with Crippen LogP contribution in [0.2, 0.25) is 0 Å². The smallest absolute Gasteiger partial charge is 0.280 e. The van der Waals surface area contributed by atoms with Gasteiger partial charge in [0.05, 0.1) is 37.1 Å². The Labute approximate surface area is 208 Å². The Morgan fingerprint density at radius 3 is 2.81 bits per heavy atom. The van der Waals surface area contributed by atoms with Gasteiger partial charge in [-0.3, -0.25) is 4.79 Å². The molecule has 9 heteroatoms. The number of piperidine rings is 1. The summed E-state index contributed by atoms with van der Waals surface area (Å²) >= 11 is 0. The number of ether oxygens (including phenoxy) is 1. The van der Waals surface area contributed by atoms with E-state index in [4.69, 9.17) is 10.00 Å². The van der Waals surface area contributed by atoms with Crippen molar-refractivity contribution in [3.63, 3.8) is 0 Å². The molecule has 2 N–H and O–H groups in total. The monoisotopic (exact) mass is 491 g/mol. The number of nitriles is 1. The first-order chi connectivity index (χ1) is 17.2. The molecule has 7 nitrogen and oxygen atoms in total. The number of alkyl halides is 2. The van der Waals surface area contributed by atoms with E-state index in [1.54, 1.807) is 31.2 Å². The van der Waals surface area contributed by atoms with Gasteiger partial charge in [0.2, 0.25) is 0 Å². The normalized spacial score (nSPS) is 17.2. The number of rotatable bonds is 7. The number of benzene rings is 2. The molecular weight excluding hydrogens is 464 g/mol. The molecule has 2 heterocycles. The molecule has 3 aromatic rings. The predicted molar refractivity (Wildman–Crippen MR) is 135 cm³/mol. The van der Waals surface area contributed by atoms with Gasteiger partial charge in [-0.25, -0.2) is 13.8 Å². The molecule has 1 amide bonds. The lowest BCUT2D eigenvalue weighted by atomic mass is 10.0. The van der Waals surface area contributed by atoms with Crippen molar-refractivity contribution in [1.29, 1.82) is 5.26 Å². The lowest BCUT2D eigenvalue weighted by Crippen LogP contribution is -2.57. The second-order valence-corrected chi connectivity index (χ2v) is 8.87. The fourth-order valence-electron chi connectivity index (χ4n) is 4.29. The highest BCUT2D eigenvalue weighted by Gasteiger charge is 2.44. The van der Waals surface area contributed by atoms with E-state index >= 15 is 0 Å². The van der Waals surface area contributed by atoms with E-state index in [-0.39, 0.29) is 18.7 Å². The Morgan fingerprint density at radius 1 is 1.31 bits per heavy atom. The molecule has 1 unspecified atom stereocenters. The number of nitrogens with zero attached hydrogens (tertiary/aromatic N) is 3. The molecule has 0 aliphatic carbocycles. The number of methoxy groups -OCH3 is 1. The van der Waals surface area contributed by atoms with E-state index in [1.807, 2.05) is 36.4 Å². The van der Waals surface area contributed by atoms with Crippen LogP contribution < -0.4 is 15.4 Å². The molecule has 1 aliphatic rings. The number of carbonyl (C=O) groups is 1. The van der Waals surface area contributed by atoms with Crippen molar-refractivity contribution in [2.24, 2.45) is 0 Å². The molecule has 1 fully saturated rings. The zero-order valence-electron chi connectivity index (χ0n) is 20.1. The number of amides is 1. The number of carbonyl (C=O) groups excluding carboxylic acids is 1. The first kappa shape index (κ1) is 25.1. The topological polar surface area (TPSA) is 90.3 Å². The molecule has 1 aliphatic heterocycles. The van der Waals surface area contributed by atoms with E-state index < -0.39 is 24.4 Å². The van der Waals surface area contributed by atoms with Crippen LogP contribution in [-0.4, -0.2) is 61.5 Å². The summed E-state index contributed by atoms with van der Waals surface area (Å²) in [5.41, 5.74) is 2.40. The average Bonchev–Trinajstić information content (AvgIpc) is 2.87. The summed E-state index contributed by atoms with van der Waals surface area (Å²) in [6.07, 6.45) is 0.162. The maximum atomic E-state index is 14.4. The first-order valence-electron chi connectivity index (χ1n) is 11.5. The minimum Gasteiger partial charge on any atom is -0.495 e. The Hall–Kier alpha value is -4.03. The highest BCUT2D eigenvalue weighted by Crippen LogP contribution is 2.36. The van der Waals surface area contributed by atoms with Gasteiger partial charge in [0, 0.05) is 29.6 Å². The van der Waals surface area contributed by atoms with Gasteiger partial charge in [0.25, 0.3) is 11.8 Å². The maximum Gasteiger partial charge on any atom is 0.280 e. The van der Waals surface area contributed by atoms with E-state index in [9.17, 15) is 13.6 Å². The van der Waals surface area contributed by atoms with Crippen molar-refractivity contribution in [2.45, 2.75) is 18.4 Å². The van der Waals surface area contributed by atoms with Crippen LogP contribution >= 0.6 is 0 Å². The van der Waals surface area contributed by atoms with E-state index in [0.29, 0.717) is 29.2 Å². The van der Waals surface area contributed by atoms with Gasteiger partial charge in [-0.05, 0) is 43.1 Å². The van der Waals surface area contributed by atoms with E-state index in [1.165, 1.54) is 6.07 Å². The molecule has 0 bridgehead atoms. The van der Waals surface area contributed by atoms with Gasteiger partial charge in [0.15, 0.2) is 0 Å². The second-order valence-electron chi connectivity index (χ2n) is 8.87. The predicted octanol–water partition coefficient (Wildman–Crippen LogP) is 4.47. The van der Waals surface area contributed by atoms with Gasteiger partial charge < -0.3 is 20.3 Å². The Kier molecular flexibility index (Phi) is 7.17. The van der Waals surface area contributed by atoms with Crippen LogP contribution in [0.5, 0.6) is 5.75 Å². The molecule has 2 aromatic carbocycles. The van der Waals surface area contributed by atoms with Crippen LogP contribution in [0.4, 0.5) is 14.5 Å². The second kappa shape index (κ2) is 10.3. The molecule has 186 valence electrons. The van der Waals surface area contributed by atoms with Crippen molar-refractivity contribution < 1.29 is 18.3 Å². The summed E-state index contributed by atoms with van der Waals surface area (Å²) in [7, 11) is 3.20. The zero-order valence-corrected chi connectivity index (χ0v) is 20.1. The van der Waals surface area contributed by atoms with Crippen molar-refractivity contribution >= 4 is 22.4 Å². The van der Waals surface area contributed by atoms with Crippen LogP contribution in [0.1, 0.15) is 16.9 Å². The number of fused-ring (bicyclic) bond motifs is 1. The number of hydrogen-bond acceptors (Lipinski definition) is 6. The lowest BCUT2D eigenvalue weighted by Gasteiger charge is -2.36. The molecule has 1 atom stereocenters. The molecular formula is C27H27F2N5O2. The molecule has 0 radical (unpaired) electrons. The quantitative estimate of drug-likeness (QED) is 0.474. The largest absolute Gasteiger partial charge is 0.495 e. The molecule has 1 saturated heterocycles. The van der Waals surface area contributed by atoms with Crippen LogP contribution in [0, 0.1) is 11.3 Å². The van der Waals surface area contributed by atoms with E-state index in [0.717, 1.165) is 16.3 Å². The third-order valence-electron chi connectivity index (χ3n) is 6.21. The Balaban J connectivity index is 1.64. The van der Waals surface area contributed by atoms with Crippen molar-refractivity contribution in [3.8, 4) is 23.1 Å². The number of aromatic nitrogens is 1. The minimum absolute atomic E-state index is 0.0663. The SMILES string of the molecule is C=C(C#N)CNc1c(OC)ccc2ccc(-c3cccc(C(=O)NC4CCN(C)CC4(F)F)n3)cc12. The molecule has 4 rings (SSSR count). The number of anilines is 1. The van der Waals surface area contributed by atoms with Crippen LogP contribution in [0.3, 0.4) is 0 Å². The van der Waals surface area contributed by atoms with Gasteiger partial charge in [0.1, 0.15) is 11.4 Å². The number of halogens is 2. The molecule has 1 aromatic heterocycles. The fourth-order valence-corrected chi connectivity index (χ4v) is 4.29. The summed E-state index contributed by atoms with van der Waals surface area (Å²) in [5.74, 6) is -3.05. The van der Waals surface area contributed by atoms with Gasteiger partial charge >= 0.3 is 0 Å². The fraction of sp³-hybridized carbons (Fsp3) is 0.296. The van der Waals surface area contributed by atoms with Crippen molar-refractivity contribution in [2.75, 3.05) is 39.1 Å². The molecule has 0 spiro atoms. The van der Waals surface area contributed by atoms with Gasteiger partial charge in [-0.1, -0.05) is 30.8 Å². The summed E-state index contributed by atoms with van der Waals surface area (Å²) in [6.45, 7) is 4.04. The standard InChI is InChI=1S/C27H27F2N5O2/c1-17(14-30)15-31-25-20-13-19(8-7-18(20)9-10-23(25)36-3)21-5-4-6-22(32-21)26(35)33-24-11-12-34(2)16-27(24,28)29/h4-10,13,24,31H,1,11-12,15-16H2,2-3H3,(H,33,35). The van der Waals surface area contributed by atoms with Crippen LogP contribution in [0.15, 0.2) is 60.7 Å². The average molecular weight is 492 g/mol. The summed E-state index contributed by atoms with van der Waals surface area (Å²) in [4.78, 5) is 18.8. The van der Waals surface area contributed by atoms with Crippen molar-refractivity contribution in [1.82, 2.24) is 15.2 Å². The number of likely N-dealkylation sites (tertiary alicyclic amines) is 1. The molecule has 36 heavy (non-hydrogen) atoms. The van der Waals surface area contributed by atoms with Gasteiger partial charge in [-0.15, -0.1) is 0 Å².